The van der Waals surface area contributed by atoms with Crippen molar-refractivity contribution in [3.05, 3.63) is 0 Å². The van der Waals surface area contributed by atoms with Gasteiger partial charge in [-0.1, -0.05) is 90.9 Å². The van der Waals surface area contributed by atoms with Crippen LogP contribution in [-0.2, 0) is 0 Å². The summed E-state index contributed by atoms with van der Waals surface area (Å²) in [7, 11) is 0. The quantitative estimate of drug-likeness (QED) is 0.359. The van der Waals surface area contributed by atoms with E-state index >= 15 is 0 Å². The molecule has 1 atom stereocenters. The number of hydrogen-bond donors (Lipinski definition) is 1. The van der Waals surface area contributed by atoms with E-state index in [4.69, 9.17) is 5.73 Å². The molecule has 1 nitrogen and oxygen atoms in total. The van der Waals surface area contributed by atoms with Crippen LogP contribution in [0.25, 0.3) is 0 Å². The Labute approximate surface area is 122 Å². The van der Waals surface area contributed by atoms with Gasteiger partial charge in [0.15, 0.2) is 0 Å². The van der Waals surface area contributed by atoms with Crippen LogP contribution in [0.5, 0.6) is 0 Å². The molecule has 0 aromatic heterocycles. The van der Waals surface area contributed by atoms with Crippen LogP contribution in [0.4, 0.5) is 0 Å². The smallest absolute Gasteiger partial charge is 0.00772 e. The lowest BCUT2D eigenvalue weighted by molar-refractivity contribution is 0.403. The summed E-state index contributed by atoms with van der Waals surface area (Å²) in [4.78, 5) is 0. The molecular formula is C18H39N. The summed E-state index contributed by atoms with van der Waals surface area (Å²) in [6.07, 6.45) is 19.8. The Balaban J connectivity index is 3.16. The largest absolute Gasteiger partial charge is 0.330 e. The minimum atomic E-state index is 0.870. The summed E-state index contributed by atoms with van der Waals surface area (Å²) in [5, 5.41) is 0. The minimum Gasteiger partial charge on any atom is -0.330 e. The second-order valence-corrected chi connectivity index (χ2v) is 6.18. The van der Waals surface area contributed by atoms with Gasteiger partial charge in [-0.15, -0.1) is 0 Å². The average molecular weight is 270 g/mol. The summed E-state index contributed by atoms with van der Waals surface area (Å²) >= 11 is 0. The van der Waals surface area contributed by atoms with Gasteiger partial charge in [-0.25, -0.2) is 0 Å². The molecule has 0 fully saturated rings. The van der Waals surface area contributed by atoms with Crippen LogP contribution in [0.15, 0.2) is 0 Å². The van der Waals surface area contributed by atoms with E-state index in [9.17, 15) is 0 Å². The average Bonchev–Trinajstić information content (AvgIpc) is 2.44. The maximum atomic E-state index is 5.58. The highest BCUT2D eigenvalue weighted by atomic mass is 14.5. The van der Waals surface area contributed by atoms with Gasteiger partial charge in [0, 0.05) is 0 Å². The molecular weight excluding hydrogens is 230 g/mol. The van der Waals surface area contributed by atoms with Gasteiger partial charge >= 0.3 is 0 Å². The second-order valence-electron chi connectivity index (χ2n) is 6.18. The van der Waals surface area contributed by atoms with E-state index in [1.165, 1.54) is 89.9 Å². The molecule has 0 aliphatic heterocycles. The minimum absolute atomic E-state index is 0.870. The number of unbranched alkanes of at least 4 members (excludes halogenated alkanes) is 9. The first-order valence-corrected chi connectivity index (χ1v) is 9.05. The third-order valence-corrected chi connectivity index (χ3v) is 4.36. The van der Waals surface area contributed by atoms with Crippen LogP contribution in [-0.4, -0.2) is 6.54 Å². The molecule has 0 aromatic carbocycles. The summed E-state index contributed by atoms with van der Waals surface area (Å²) in [5.41, 5.74) is 5.58. The molecule has 0 saturated heterocycles. The van der Waals surface area contributed by atoms with Crippen molar-refractivity contribution >= 4 is 0 Å². The molecule has 0 rings (SSSR count). The van der Waals surface area contributed by atoms with Crippen molar-refractivity contribution in [3.63, 3.8) is 0 Å². The lowest BCUT2D eigenvalue weighted by atomic mass is 9.93. The van der Waals surface area contributed by atoms with Crippen LogP contribution >= 0.6 is 0 Å². The van der Waals surface area contributed by atoms with Crippen LogP contribution in [0.3, 0.4) is 0 Å². The predicted octanol–water partition coefficient (Wildman–Crippen LogP) is 6.06. The van der Waals surface area contributed by atoms with Gasteiger partial charge in [-0.2, -0.15) is 0 Å². The van der Waals surface area contributed by atoms with Gasteiger partial charge in [0.1, 0.15) is 0 Å². The lowest BCUT2D eigenvalue weighted by Gasteiger charge is -2.13. The lowest BCUT2D eigenvalue weighted by Crippen LogP contribution is -2.04. The van der Waals surface area contributed by atoms with Gasteiger partial charge in [0.05, 0.1) is 0 Å². The molecule has 0 amide bonds. The Kier molecular flexibility index (Phi) is 16.0. The molecule has 0 heterocycles. The Bertz CT molecular complexity index is 156. The maximum Gasteiger partial charge on any atom is -0.00772 e. The molecule has 0 aliphatic rings. The fourth-order valence-corrected chi connectivity index (χ4v) is 2.88. The molecule has 0 saturated carbocycles. The highest BCUT2D eigenvalue weighted by Gasteiger charge is 2.04. The van der Waals surface area contributed by atoms with Crippen molar-refractivity contribution in [2.45, 2.75) is 104 Å². The molecule has 1 unspecified atom stereocenters. The summed E-state index contributed by atoms with van der Waals surface area (Å²) in [5.74, 6) is 0.942. The maximum absolute atomic E-state index is 5.58. The van der Waals surface area contributed by atoms with Crippen molar-refractivity contribution in [3.8, 4) is 0 Å². The first kappa shape index (κ1) is 19.0. The van der Waals surface area contributed by atoms with Gasteiger partial charge < -0.3 is 5.73 Å². The van der Waals surface area contributed by atoms with Gasteiger partial charge in [0.25, 0.3) is 0 Å². The van der Waals surface area contributed by atoms with Crippen LogP contribution in [0.2, 0.25) is 0 Å². The molecule has 2 N–H and O–H groups in total. The van der Waals surface area contributed by atoms with Gasteiger partial charge in [0.2, 0.25) is 0 Å². The van der Waals surface area contributed by atoms with E-state index < -0.39 is 0 Å². The molecule has 0 spiro atoms. The van der Waals surface area contributed by atoms with Gasteiger partial charge in [-0.05, 0) is 25.3 Å². The van der Waals surface area contributed by atoms with E-state index in [1.54, 1.807) is 0 Å². The predicted molar refractivity (Wildman–Crippen MR) is 88.5 cm³/mol. The molecule has 0 radical (unpaired) electrons. The van der Waals surface area contributed by atoms with Crippen LogP contribution < -0.4 is 5.73 Å². The zero-order valence-corrected chi connectivity index (χ0v) is 13.8. The topological polar surface area (TPSA) is 26.0 Å². The first-order valence-electron chi connectivity index (χ1n) is 9.05. The summed E-state index contributed by atoms with van der Waals surface area (Å²) in [6.45, 7) is 5.49. The van der Waals surface area contributed by atoms with Crippen molar-refractivity contribution in [2.24, 2.45) is 11.7 Å². The van der Waals surface area contributed by atoms with Crippen LogP contribution in [0, 0.1) is 5.92 Å². The Morgan fingerprint density at radius 1 is 0.632 bits per heavy atom. The van der Waals surface area contributed by atoms with Crippen molar-refractivity contribution < 1.29 is 0 Å². The summed E-state index contributed by atoms with van der Waals surface area (Å²) in [6, 6.07) is 0. The number of nitrogens with two attached hydrogens (primary N) is 1. The number of rotatable bonds is 15. The number of hydrogen-bond acceptors (Lipinski definition) is 1. The van der Waals surface area contributed by atoms with E-state index in [0.29, 0.717) is 0 Å². The normalized spacial score (nSPS) is 12.8. The SMILES string of the molecule is CCCCCCCCCCCCC(CC)CCCN. The highest BCUT2D eigenvalue weighted by molar-refractivity contribution is 4.58. The fraction of sp³-hybridized carbons (Fsp3) is 1.00. The van der Waals surface area contributed by atoms with Crippen molar-refractivity contribution in [1.82, 2.24) is 0 Å². The van der Waals surface area contributed by atoms with Gasteiger partial charge in [-0.3, -0.25) is 0 Å². The third kappa shape index (κ3) is 14.2. The van der Waals surface area contributed by atoms with Crippen molar-refractivity contribution in [2.75, 3.05) is 6.54 Å². The Morgan fingerprint density at radius 3 is 1.58 bits per heavy atom. The van der Waals surface area contributed by atoms with E-state index in [-0.39, 0.29) is 0 Å². The van der Waals surface area contributed by atoms with Crippen LogP contribution in [0.1, 0.15) is 104 Å². The Hall–Kier alpha value is -0.0400. The van der Waals surface area contributed by atoms with E-state index in [2.05, 4.69) is 13.8 Å². The molecule has 0 aliphatic carbocycles. The molecule has 1 heteroatoms. The third-order valence-electron chi connectivity index (χ3n) is 4.36. The first-order chi connectivity index (χ1) is 9.35. The zero-order chi connectivity index (χ0) is 14.2. The van der Waals surface area contributed by atoms with Crippen molar-refractivity contribution in [1.29, 1.82) is 0 Å². The Morgan fingerprint density at radius 2 is 1.11 bits per heavy atom. The summed E-state index contributed by atoms with van der Waals surface area (Å²) < 4.78 is 0. The standard InChI is InChI=1S/C18H39N/c1-3-5-6-7-8-9-10-11-12-13-15-18(4-2)16-14-17-19/h18H,3-17,19H2,1-2H3. The molecule has 0 bridgehead atoms. The fourth-order valence-electron chi connectivity index (χ4n) is 2.88. The monoisotopic (exact) mass is 269 g/mol. The highest BCUT2D eigenvalue weighted by Crippen LogP contribution is 2.19. The zero-order valence-electron chi connectivity index (χ0n) is 13.8. The molecule has 0 aromatic rings. The molecule has 19 heavy (non-hydrogen) atoms. The van der Waals surface area contributed by atoms with E-state index in [1.807, 2.05) is 0 Å². The van der Waals surface area contributed by atoms with E-state index in [0.717, 1.165) is 12.5 Å². The second kappa shape index (κ2) is 16.0. The molecule has 116 valence electrons.